The van der Waals surface area contributed by atoms with Gasteiger partial charge in [-0.2, -0.15) is 0 Å². The third kappa shape index (κ3) is 2.93. The number of benzene rings is 2. The Kier molecular flexibility index (Phi) is 4.34. The zero-order chi connectivity index (χ0) is 18.1. The van der Waals surface area contributed by atoms with Gasteiger partial charge >= 0.3 is 6.03 Å². The number of urea groups is 1. The van der Waals surface area contributed by atoms with E-state index in [1.165, 1.54) is 5.56 Å². The Bertz CT molecular complexity index is 834. The molecule has 2 aromatic carbocycles. The van der Waals surface area contributed by atoms with Gasteiger partial charge in [-0.3, -0.25) is 4.79 Å². The van der Waals surface area contributed by atoms with Crippen molar-refractivity contribution in [3.8, 4) is 0 Å². The maximum Gasteiger partial charge on any atom is 0.322 e. The molecule has 6 nitrogen and oxygen atoms in total. The Balaban J connectivity index is 1.47. The second-order valence-corrected chi connectivity index (χ2v) is 6.61. The van der Waals surface area contributed by atoms with Crippen LogP contribution < -0.4 is 10.2 Å². The Labute approximate surface area is 152 Å². The molecule has 2 aliphatic heterocycles. The van der Waals surface area contributed by atoms with E-state index in [0.717, 1.165) is 24.2 Å². The maximum absolute atomic E-state index is 12.7. The number of carbonyl (C=O) groups is 2. The number of hydrogen-bond donors (Lipinski definition) is 2. The monoisotopic (exact) mass is 351 g/mol. The van der Waals surface area contributed by atoms with Gasteiger partial charge in [0.1, 0.15) is 0 Å². The van der Waals surface area contributed by atoms with Gasteiger partial charge in [0, 0.05) is 30.9 Å². The van der Waals surface area contributed by atoms with Gasteiger partial charge in [-0.05, 0) is 41.8 Å². The summed E-state index contributed by atoms with van der Waals surface area (Å²) in [4.78, 5) is 27.6. The highest BCUT2D eigenvalue weighted by Gasteiger charge is 2.30. The Morgan fingerprint density at radius 3 is 2.50 bits per heavy atom. The smallest absolute Gasteiger partial charge is 0.322 e. The summed E-state index contributed by atoms with van der Waals surface area (Å²) in [5.74, 6) is 0.125. The molecule has 4 rings (SSSR count). The summed E-state index contributed by atoms with van der Waals surface area (Å²) in [5.41, 5.74) is 3.70. The highest BCUT2D eigenvalue weighted by Crippen LogP contribution is 2.30. The Morgan fingerprint density at radius 1 is 1.08 bits per heavy atom. The van der Waals surface area contributed by atoms with E-state index in [0.29, 0.717) is 18.7 Å². The van der Waals surface area contributed by atoms with Crippen molar-refractivity contribution >= 4 is 23.3 Å². The summed E-state index contributed by atoms with van der Waals surface area (Å²) in [6.07, 6.45) is 1.37. The minimum absolute atomic E-state index is 0.111. The van der Waals surface area contributed by atoms with Crippen LogP contribution in [0.15, 0.2) is 48.5 Å². The zero-order valence-electron chi connectivity index (χ0n) is 14.4. The molecule has 1 atom stereocenters. The van der Waals surface area contributed by atoms with Crippen LogP contribution in [0, 0.1) is 0 Å². The lowest BCUT2D eigenvalue weighted by atomic mass is 9.93. The largest absolute Gasteiger partial charge is 0.394 e. The molecule has 0 aliphatic carbocycles. The Morgan fingerprint density at radius 2 is 1.85 bits per heavy atom. The van der Waals surface area contributed by atoms with Gasteiger partial charge in [-0.15, -0.1) is 0 Å². The number of carbonyl (C=O) groups excluding carboxylic acids is 2. The molecule has 1 fully saturated rings. The standard InChI is InChI=1S/C20H21N3O3/c24-13-18-17-4-2-1-3-14(17)9-11-23(18)20(26)21-15-5-7-16(8-6-15)22-12-10-19(22)25/h1-8,18,24H,9-13H2,(H,21,26). The van der Waals surface area contributed by atoms with Crippen LogP contribution in [0.25, 0.3) is 0 Å². The first-order valence-corrected chi connectivity index (χ1v) is 8.84. The molecule has 1 unspecified atom stereocenters. The molecular weight excluding hydrogens is 330 g/mol. The molecule has 26 heavy (non-hydrogen) atoms. The fourth-order valence-electron chi connectivity index (χ4n) is 3.60. The van der Waals surface area contributed by atoms with Gasteiger partial charge in [0.15, 0.2) is 0 Å². The van der Waals surface area contributed by atoms with Gasteiger partial charge < -0.3 is 20.2 Å². The molecule has 3 amide bonds. The molecule has 2 aliphatic rings. The number of aliphatic hydroxyl groups excluding tert-OH is 1. The van der Waals surface area contributed by atoms with Crippen molar-refractivity contribution in [1.29, 1.82) is 0 Å². The first kappa shape index (κ1) is 16.6. The maximum atomic E-state index is 12.7. The summed E-state index contributed by atoms with van der Waals surface area (Å²) in [5, 5.41) is 12.7. The summed E-state index contributed by atoms with van der Waals surface area (Å²) in [6, 6.07) is 14.6. The van der Waals surface area contributed by atoms with E-state index in [-0.39, 0.29) is 24.6 Å². The number of nitrogens with one attached hydrogen (secondary N) is 1. The number of amides is 3. The van der Waals surface area contributed by atoms with E-state index >= 15 is 0 Å². The van der Waals surface area contributed by atoms with E-state index in [2.05, 4.69) is 5.32 Å². The molecule has 0 spiro atoms. The number of anilines is 2. The van der Waals surface area contributed by atoms with Crippen LogP contribution in [-0.4, -0.2) is 41.6 Å². The zero-order valence-corrected chi connectivity index (χ0v) is 14.4. The van der Waals surface area contributed by atoms with Crippen molar-refractivity contribution in [2.75, 3.05) is 29.9 Å². The number of rotatable bonds is 3. The van der Waals surface area contributed by atoms with Crippen molar-refractivity contribution in [3.63, 3.8) is 0 Å². The van der Waals surface area contributed by atoms with Crippen molar-refractivity contribution in [1.82, 2.24) is 4.90 Å². The summed E-state index contributed by atoms with van der Waals surface area (Å²) >= 11 is 0. The van der Waals surface area contributed by atoms with Crippen LogP contribution >= 0.6 is 0 Å². The fraction of sp³-hybridized carbons (Fsp3) is 0.300. The normalized spacial score (nSPS) is 19.0. The number of nitrogens with zero attached hydrogens (tertiary/aromatic N) is 2. The van der Waals surface area contributed by atoms with E-state index in [1.54, 1.807) is 21.9 Å². The highest BCUT2D eigenvalue weighted by molar-refractivity contribution is 5.99. The van der Waals surface area contributed by atoms with E-state index < -0.39 is 0 Å². The van der Waals surface area contributed by atoms with Crippen molar-refractivity contribution in [3.05, 3.63) is 59.7 Å². The molecular formula is C20H21N3O3. The average molecular weight is 351 g/mol. The molecule has 2 N–H and O–H groups in total. The number of β-lactam (4-membered cyclic amide) rings is 1. The first-order valence-electron chi connectivity index (χ1n) is 8.84. The number of fused-ring (bicyclic) bond motifs is 1. The van der Waals surface area contributed by atoms with E-state index in [4.69, 9.17) is 0 Å². The second-order valence-electron chi connectivity index (χ2n) is 6.61. The van der Waals surface area contributed by atoms with Crippen LogP contribution in [0.1, 0.15) is 23.6 Å². The molecule has 134 valence electrons. The van der Waals surface area contributed by atoms with Gasteiger partial charge in [0.05, 0.1) is 12.6 Å². The Hall–Kier alpha value is -2.86. The van der Waals surface area contributed by atoms with Crippen LogP contribution in [0.5, 0.6) is 0 Å². The molecule has 0 aromatic heterocycles. The van der Waals surface area contributed by atoms with Crippen molar-refractivity contribution in [2.45, 2.75) is 18.9 Å². The van der Waals surface area contributed by atoms with Crippen molar-refractivity contribution in [2.24, 2.45) is 0 Å². The third-order valence-electron chi connectivity index (χ3n) is 5.13. The lowest BCUT2D eigenvalue weighted by Crippen LogP contribution is -2.44. The predicted octanol–water partition coefficient (Wildman–Crippen LogP) is 2.55. The molecule has 0 radical (unpaired) electrons. The fourth-order valence-corrected chi connectivity index (χ4v) is 3.60. The molecule has 2 aromatic rings. The summed E-state index contributed by atoms with van der Waals surface area (Å²) < 4.78 is 0. The highest BCUT2D eigenvalue weighted by atomic mass is 16.3. The van der Waals surface area contributed by atoms with E-state index in [9.17, 15) is 14.7 Å². The third-order valence-corrected chi connectivity index (χ3v) is 5.13. The van der Waals surface area contributed by atoms with Crippen LogP contribution in [-0.2, 0) is 11.2 Å². The molecule has 0 bridgehead atoms. The van der Waals surface area contributed by atoms with Gasteiger partial charge in [-0.1, -0.05) is 24.3 Å². The SMILES string of the molecule is O=C1CCN1c1ccc(NC(=O)N2CCc3ccccc3C2CO)cc1. The van der Waals surface area contributed by atoms with Gasteiger partial charge in [0.25, 0.3) is 0 Å². The number of hydrogen-bond acceptors (Lipinski definition) is 3. The van der Waals surface area contributed by atoms with Crippen LogP contribution in [0.2, 0.25) is 0 Å². The molecule has 6 heteroatoms. The van der Waals surface area contributed by atoms with Gasteiger partial charge in [0.2, 0.25) is 5.91 Å². The van der Waals surface area contributed by atoms with E-state index in [1.807, 2.05) is 36.4 Å². The average Bonchev–Trinajstić information content (AvgIpc) is 2.67. The first-order chi connectivity index (χ1) is 12.7. The van der Waals surface area contributed by atoms with Crippen molar-refractivity contribution < 1.29 is 14.7 Å². The predicted molar refractivity (Wildman–Crippen MR) is 99.1 cm³/mol. The van der Waals surface area contributed by atoms with Gasteiger partial charge in [-0.25, -0.2) is 4.79 Å². The molecule has 1 saturated heterocycles. The second kappa shape index (κ2) is 6.80. The summed E-state index contributed by atoms with van der Waals surface area (Å²) in [7, 11) is 0. The number of aliphatic hydroxyl groups is 1. The minimum atomic E-state index is -0.335. The van der Waals surface area contributed by atoms with Crippen LogP contribution in [0.4, 0.5) is 16.2 Å². The lowest BCUT2D eigenvalue weighted by Gasteiger charge is -2.36. The summed E-state index contributed by atoms with van der Waals surface area (Å²) in [6.45, 7) is 1.20. The lowest BCUT2D eigenvalue weighted by molar-refractivity contribution is -0.122. The van der Waals surface area contributed by atoms with Crippen LogP contribution in [0.3, 0.4) is 0 Å². The molecule has 2 heterocycles. The molecule has 0 saturated carbocycles. The topological polar surface area (TPSA) is 72.9 Å². The quantitative estimate of drug-likeness (QED) is 0.835. The minimum Gasteiger partial charge on any atom is -0.394 e.